The van der Waals surface area contributed by atoms with Crippen LogP contribution in [-0.4, -0.2) is 13.7 Å². The lowest BCUT2D eigenvalue weighted by atomic mass is 9.83. The molecule has 0 unspecified atom stereocenters. The highest BCUT2D eigenvalue weighted by Gasteiger charge is 2.31. The second-order valence-electron chi connectivity index (χ2n) is 6.26. The number of hydrogen-bond acceptors (Lipinski definition) is 3. The molecule has 1 N–H and O–H groups in total. The number of nitrogens with one attached hydrogen (secondary N) is 1. The Labute approximate surface area is 126 Å². The van der Waals surface area contributed by atoms with Gasteiger partial charge < -0.3 is 14.5 Å². The zero-order valence-corrected chi connectivity index (χ0v) is 13.1. The molecule has 1 aliphatic carbocycles. The molecule has 0 radical (unpaired) electrons. The summed E-state index contributed by atoms with van der Waals surface area (Å²) in [5.41, 5.74) is 1.37. The van der Waals surface area contributed by atoms with Gasteiger partial charge in [0.15, 0.2) is 11.3 Å². The third-order valence-electron chi connectivity index (χ3n) is 4.99. The largest absolute Gasteiger partial charge is 0.493 e. The van der Waals surface area contributed by atoms with Crippen molar-refractivity contribution >= 4 is 11.0 Å². The lowest BCUT2D eigenvalue weighted by molar-refractivity contribution is 0.265. The van der Waals surface area contributed by atoms with Crippen LogP contribution in [0.25, 0.3) is 11.0 Å². The number of hydrogen-bond donors (Lipinski definition) is 1. The molecule has 0 spiro atoms. The van der Waals surface area contributed by atoms with Crippen LogP contribution in [0.4, 0.5) is 0 Å². The Hall–Kier alpha value is -1.48. The first-order valence-electron chi connectivity index (χ1n) is 8.02. The first-order chi connectivity index (χ1) is 10.3. The van der Waals surface area contributed by atoms with Gasteiger partial charge in [-0.25, -0.2) is 0 Å². The minimum Gasteiger partial charge on any atom is -0.493 e. The highest BCUT2D eigenvalue weighted by Crippen LogP contribution is 2.40. The Morgan fingerprint density at radius 2 is 2.10 bits per heavy atom. The van der Waals surface area contributed by atoms with Crippen LogP contribution >= 0.6 is 0 Å². The third kappa shape index (κ3) is 2.93. The summed E-state index contributed by atoms with van der Waals surface area (Å²) in [5, 5.41) is 4.71. The standard InChI is InChI=1S/C18H25NO2/c1-3-18(9-4-5-10-18)13-19-12-15-11-14-7-6-8-16(20-2)17(14)21-15/h6-8,11,19H,3-5,9-10,12-13H2,1-2H3. The van der Waals surface area contributed by atoms with Gasteiger partial charge in [0.2, 0.25) is 0 Å². The van der Waals surface area contributed by atoms with E-state index in [1.165, 1.54) is 32.1 Å². The number of benzene rings is 1. The molecule has 114 valence electrons. The number of furan rings is 1. The van der Waals surface area contributed by atoms with Gasteiger partial charge in [-0.1, -0.05) is 31.9 Å². The summed E-state index contributed by atoms with van der Waals surface area (Å²) in [6.07, 6.45) is 6.78. The van der Waals surface area contributed by atoms with Crippen molar-refractivity contribution in [1.29, 1.82) is 0 Å². The molecule has 1 heterocycles. The molecule has 1 aromatic carbocycles. The van der Waals surface area contributed by atoms with Crippen molar-refractivity contribution in [3.63, 3.8) is 0 Å². The monoisotopic (exact) mass is 287 g/mol. The lowest BCUT2D eigenvalue weighted by Crippen LogP contribution is -2.31. The normalized spacial score (nSPS) is 17.4. The maximum absolute atomic E-state index is 5.93. The molecule has 0 amide bonds. The van der Waals surface area contributed by atoms with E-state index < -0.39 is 0 Å². The van der Waals surface area contributed by atoms with Crippen molar-refractivity contribution in [2.24, 2.45) is 5.41 Å². The minimum atomic E-state index is 0.518. The first-order valence-corrected chi connectivity index (χ1v) is 8.02. The van der Waals surface area contributed by atoms with E-state index in [2.05, 4.69) is 24.4 Å². The number of rotatable bonds is 6. The van der Waals surface area contributed by atoms with E-state index in [-0.39, 0.29) is 0 Å². The Kier molecular flexibility index (Phi) is 4.20. The SMILES string of the molecule is CCC1(CNCc2cc3cccc(OC)c3o2)CCCC1. The molecule has 21 heavy (non-hydrogen) atoms. The van der Waals surface area contributed by atoms with Crippen molar-refractivity contribution in [3.05, 3.63) is 30.0 Å². The van der Waals surface area contributed by atoms with Gasteiger partial charge in [-0.15, -0.1) is 0 Å². The highest BCUT2D eigenvalue weighted by atomic mass is 16.5. The average Bonchev–Trinajstić information content (AvgIpc) is 3.13. The van der Waals surface area contributed by atoms with Crippen LogP contribution < -0.4 is 10.1 Å². The van der Waals surface area contributed by atoms with Crippen LogP contribution in [0, 0.1) is 5.41 Å². The van der Waals surface area contributed by atoms with Gasteiger partial charge in [-0.05, 0) is 36.8 Å². The van der Waals surface area contributed by atoms with Gasteiger partial charge in [-0.3, -0.25) is 0 Å². The van der Waals surface area contributed by atoms with E-state index in [1.54, 1.807) is 7.11 Å². The van der Waals surface area contributed by atoms with Crippen LogP contribution in [0.3, 0.4) is 0 Å². The number of para-hydroxylation sites is 1. The second kappa shape index (κ2) is 6.10. The van der Waals surface area contributed by atoms with E-state index in [9.17, 15) is 0 Å². The van der Waals surface area contributed by atoms with Crippen molar-refractivity contribution in [1.82, 2.24) is 5.32 Å². The first kappa shape index (κ1) is 14.5. The molecule has 0 bridgehead atoms. The topological polar surface area (TPSA) is 34.4 Å². The van der Waals surface area contributed by atoms with Gasteiger partial charge in [0.05, 0.1) is 13.7 Å². The Morgan fingerprint density at radius 1 is 1.29 bits per heavy atom. The molecule has 0 aliphatic heterocycles. The average molecular weight is 287 g/mol. The van der Waals surface area contributed by atoms with Crippen molar-refractivity contribution in [2.45, 2.75) is 45.6 Å². The molecule has 1 saturated carbocycles. The summed E-state index contributed by atoms with van der Waals surface area (Å²) in [6, 6.07) is 8.11. The molecule has 3 rings (SSSR count). The quantitative estimate of drug-likeness (QED) is 0.849. The fourth-order valence-electron chi connectivity index (χ4n) is 3.57. The van der Waals surface area contributed by atoms with Crippen LogP contribution in [-0.2, 0) is 6.54 Å². The Morgan fingerprint density at radius 3 is 2.81 bits per heavy atom. The smallest absolute Gasteiger partial charge is 0.176 e. The molecule has 1 fully saturated rings. The Bertz CT molecular complexity index is 596. The maximum atomic E-state index is 5.93. The highest BCUT2D eigenvalue weighted by molar-refractivity contribution is 5.83. The fourth-order valence-corrected chi connectivity index (χ4v) is 3.57. The predicted molar refractivity (Wildman–Crippen MR) is 85.7 cm³/mol. The molecule has 0 atom stereocenters. The molecular weight excluding hydrogens is 262 g/mol. The summed E-state index contributed by atoms with van der Waals surface area (Å²) in [7, 11) is 1.68. The van der Waals surface area contributed by atoms with Gasteiger partial charge in [0, 0.05) is 11.9 Å². The van der Waals surface area contributed by atoms with E-state index in [1.807, 2.05) is 12.1 Å². The molecule has 1 aliphatic rings. The number of methoxy groups -OCH3 is 1. The fraction of sp³-hybridized carbons (Fsp3) is 0.556. The van der Waals surface area contributed by atoms with Crippen LogP contribution in [0.1, 0.15) is 44.8 Å². The zero-order valence-electron chi connectivity index (χ0n) is 13.1. The second-order valence-corrected chi connectivity index (χ2v) is 6.26. The molecule has 3 heteroatoms. The molecular formula is C18H25NO2. The maximum Gasteiger partial charge on any atom is 0.176 e. The number of fused-ring (bicyclic) bond motifs is 1. The summed E-state index contributed by atoms with van der Waals surface area (Å²) >= 11 is 0. The lowest BCUT2D eigenvalue weighted by Gasteiger charge is -2.27. The van der Waals surface area contributed by atoms with Gasteiger partial charge in [0.25, 0.3) is 0 Å². The predicted octanol–water partition coefficient (Wildman–Crippen LogP) is 4.50. The van der Waals surface area contributed by atoms with Crippen LogP contribution in [0.5, 0.6) is 5.75 Å². The molecule has 3 nitrogen and oxygen atoms in total. The van der Waals surface area contributed by atoms with Gasteiger partial charge in [-0.2, -0.15) is 0 Å². The molecule has 1 aromatic heterocycles. The minimum absolute atomic E-state index is 0.518. The summed E-state index contributed by atoms with van der Waals surface area (Å²) in [4.78, 5) is 0. The van der Waals surface area contributed by atoms with Crippen LogP contribution in [0.2, 0.25) is 0 Å². The Balaban J connectivity index is 1.65. The molecule has 2 aromatic rings. The van der Waals surface area contributed by atoms with E-state index in [0.29, 0.717) is 5.41 Å². The van der Waals surface area contributed by atoms with E-state index >= 15 is 0 Å². The summed E-state index contributed by atoms with van der Waals surface area (Å²) in [5.74, 6) is 1.79. The van der Waals surface area contributed by atoms with Crippen molar-refractivity contribution in [2.75, 3.05) is 13.7 Å². The van der Waals surface area contributed by atoms with Crippen LogP contribution in [0.15, 0.2) is 28.7 Å². The van der Waals surface area contributed by atoms with Crippen molar-refractivity contribution in [3.8, 4) is 5.75 Å². The van der Waals surface area contributed by atoms with Gasteiger partial charge >= 0.3 is 0 Å². The molecule has 0 saturated heterocycles. The van der Waals surface area contributed by atoms with E-state index in [0.717, 1.165) is 35.6 Å². The van der Waals surface area contributed by atoms with E-state index in [4.69, 9.17) is 9.15 Å². The number of ether oxygens (including phenoxy) is 1. The van der Waals surface area contributed by atoms with Gasteiger partial charge in [0.1, 0.15) is 5.76 Å². The third-order valence-corrected chi connectivity index (χ3v) is 4.99. The summed E-state index contributed by atoms with van der Waals surface area (Å²) in [6.45, 7) is 4.20. The van der Waals surface area contributed by atoms with Crippen molar-refractivity contribution < 1.29 is 9.15 Å². The zero-order chi connectivity index (χ0) is 14.7. The summed E-state index contributed by atoms with van der Waals surface area (Å²) < 4.78 is 11.3.